The van der Waals surface area contributed by atoms with E-state index in [-0.39, 0.29) is 19.8 Å². The number of amides is 1. The summed E-state index contributed by atoms with van der Waals surface area (Å²) in [6, 6.07) is 0. The van der Waals surface area contributed by atoms with Gasteiger partial charge in [-0.25, -0.2) is 4.79 Å². The fourth-order valence-electron chi connectivity index (χ4n) is 0.995. The molecule has 5 nitrogen and oxygen atoms in total. The van der Waals surface area contributed by atoms with Gasteiger partial charge in [0.05, 0.1) is 6.61 Å². The standard InChI is InChI=1S/C9H19NO4/c1-3-9(2,4-5-11)10-8(13)14-7-6-12/h11-12H,3-7H2,1-2H3,(H,10,13). The molecule has 0 rings (SSSR count). The third-order valence-corrected chi connectivity index (χ3v) is 2.17. The largest absolute Gasteiger partial charge is 0.447 e. The third-order valence-electron chi connectivity index (χ3n) is 2.17. The lowest BCUT2D eigenvalue weighted by atomic mass is 9.95. The van der Waals surface area contributed by atoms with Crippen LogP contribution in [0.15, 0.2) is 0 Å². The zero-order valence-corrected chi connectivity index (χ0v) is 8.75. The molecular weight excluding hydrogens is 186 g/mol. The van der Waals surface area contributed by atoms with E-state index < -0.39 is 11.6 Å². The first-order chi connectivity index (χ1) is 6.58. The summed E-state index contributed by atoms with van der Waals surface area (Å²) in [6.07, 6.45) is 0.635. The fourth-order valence-corrected chi connectivity index (χ4v) is 0.995. The first-order valence-corrected chi connectivity index (χ1v) is 4.74. The minimum absolute atomic E-state index is 0.00917. The number of ether oxygens (including phenoxy) is 1. The summed E-state index contributed by atoms with van der Waals surface area (Å²) in [5.74, 6) is 0. The van der Waals surface area contributed by atoms with Crippen molar-refractivity contribution in [3.05, 3.63) is 0 Å². The van der Waals surface area contributed by atoms with Gasteiger partial charge in [0, 0.05) is 12.1 Å². The molecule has 0 aromatic rings. The van der Waals surface area contributed by atoms with Gasteiger partial charge in [-0.2, -0.15) is 0 Å². The molecule has 1 amide bonds. The van der Waals surface area contributed by atoms with Gasteiger partial charge < -0.3 is 20.3 Å². The average Bonchev–Trinajstić information content (AvgIpc) is 2.15. The monoisotopic (exact) mass is 205 g/mol. The Bertz CT molecular complexity index is 174. The highest BCUT2D eigenvalue weighted by Crippen LogP contribution is 2.13. The van der Waals surface area contributed by atoms with Crippen LogP contribution in [0.25, 0.3) is 0 Å². The van der Waals surface area contributed by atoms with Gasteiger partial charge >= 0.3 is 6.09 Å². The van der Waals surface area contributed by atoms with E-state index in [2.05, 4.69) is 10.1 Å². The minimum atomic E-state index is -0.558. The molecule has 1 unspecified atom stereocenters. The van der Waals surface area contributed by atoms with Crippen LogP contribution in [0.2, 0.25) is 0 Å². The topological polar surface area (TPSA) is 78.8 Å². The van der Waals surface area contributed by atoms with Crippen molar-refractivity contribution in [1.29, 1.82) is 0 Å². The molecule has 0 radical (unpaired) electrons. The van der Waals surface area contributed by atoms with Crippen LogP contribution in [0, 0.1) is 0 Å². The van der Waals surface area contributed by atoms with E-state index in [1.807, 2.05) is 13.8 Å². The average molecular weight is 205 g/mol. The summed E-state index contributed by atoms with van der Waals surface area (Å²) in [7, 11) is 0. The second-order valence-electron chi connectivity index (χ2n) is 3.37. The predicted molar refractivity (Wildman–Crippen MR) is 52.0 cm³/mol. The number of aliphatic hydroxyl groups excluding tert-OH is 2. The molecular formula is C9H19NO4. The Hall–Kier alpha value is -0.810. The molecule has 1 atom stereocenters. The molecule has 0 bridgehead atoms. The molecule has 0 aliphatic rings. The fraction of sp³-hybridized carbons (Fsp3) is 0.889. The highest BCUT2D eigenvalue weighted by molar-refractivity contribution is 5.68. The lowest BCUT2D eigenvalue weighted by Crippen LogP contribution is -2.46. The predicted octanol–water partition coefficient (Wildman–Crippen LogP) is 0.256. The highest BCUT2D eigenvalue weighted by atomic mass is 16.6. The van der Waals surface area contributed by atoms with E-state index in [0.717, 1.165) is 0 Å². The Morgan fingerprint density at radius 3 is 2.50 bits per heavy atom. The second-order valence-corrected chi connectivity index (χ2v) is 3.37. The zero-order chi connectivity index (χ0) is 11.0. The van der Waals surface area contributed by atoms with Gasteiger partial charge in [0.2, 0.25) is 0 Å². The number of nitrogens with one attached hydrogen (secondary N) is 1. The van der Waals surface area contributed by atoms with Crippen LogP contribution < -0.4 is 5.32 Å². The summed E-state index contributed by atoms with van der Waals surface area (Å²) in [4.78, 5) is 11.1. The molecule has 84 valence electrons. The maximum absolute atomic E-state index is 11.1. The Morgan fingerprint density at radius 2 is 2.07 bits per heavy atom. The number of carbonyl (C=O) groups is 1. The Labute approximate surface area is 84.1 Å². The number of carbonyl (C=O) groups excluding carboxylic acids is 1. The van der Waals surface area contributed by atoms with Gasteiger partial charge in [0.25, 0.3) is 0 Å². The molecule has 5 heteroatoms. The summed E-state index contributed by atoms with van der Waals surface area (Å²) in [5.41, 5.74) is -0.443. The minimum Gasteiger partial charge on any atom is -0.447 e. The summed E-state index contributed by atoms with van der Waals surface area (Å²) in [5, 5.41) is 19.9. The first-order valence-electron chi connectivity index (χ1n) is 4.74. The normalized spacial score (nSPS) is 14.6. The van der Waals surface area contributed by atoms with Crippen LogP contribution in [-0.4, -0.2) is 41.7 Å². The SMILES string of the molecule is CCC(C)(CCO)NC(=O)OCCO. The van der Waals surface area contributed by atoms with Crippen LogP contribution >= 0.6 is 0 Å². The second kappa shape index (κ2) is 6.62. The van der Waals surface area contributed by atoms with Crippen molar-refractivity contribution < 1.29 is 19.7 Å². The van der Waals surface area contributed by atoms with Crippen molar-refractivity contribution in [2.24, 2.45) is 0 Å². The van der Waals surface area contributed by atoms with E-state index in [1.165, 1.54) is 0 Å². The third kappa shape index (κ3) is 5.04. The van der Waals surface area contributed by atoms with Crippen molar-refractivity contribution >= 4 is 6.09 Å². The Morgan fingerprint density at radius 1 is 1.43 bits per heavy atom. The van der Waals surface area contributed by atoms with Gasteiger partial charge in [0.1, 0.15) is 6.61 Å². The van der Waals surface area contributed by atoms with Gasteiger partial charge in [0.15, 0.2) is 0 Å². The van der Waals surface area contributed by atoms with Gasteiger partial charge in [-0.1, -0.05) is 6.92 Å². The van der Waals surface area contributed by atoms with E-state index in [4.69, 9.17) is 10.2 Å². The summed E-state index contributed by atoms with van der Waals surface area (Å²) < 4.78 is 4.65. The van der Waals surface area contributed by atoms with Crippen LogP contribution in [-0.2, 0) is 4.74 Å². The number of hydrogen-bond donors (Lipinski definition) is 3. The summed E-state index contributed by atoms with van der Waals surface area (Å²) in [6.45, 7) is 3.58. The van der Waals surface area contributed by atoms with E-state index in [9.17, 15) is 4.79 Å². The molecule has 0 saturated heterocycles. The molecule has 0 fully saturated rings. The molecule has 0 aromatic carbocycles. The van der Waals surface area contributed by atoms with Crippen LogP contribution in [0.1, 0.15) is 26.7 Å². The Kier molecular flexibility index (Phi) is 6.23. The molecule has 0 aromatic heterocycles. The molecule has 0 heterocycles. The smallest absolute Gasteiger partial charge is 0.407 e. The van der Waals surface area contributed by atoms with E-state index >= 15 is 0 Å². The van der Waals surface area contributed by atoms with Crippen molar-refractivity contribution in [3.63, 3.8) is 0 Å². The van der Waals surface area contributed by atoms with Crippen LogP contribution in [0.3, 0.4) is 0 Å². The molecule has 14 heavy (non-hydrogen) atoms. The Balaban J connectivity index is 3.96. The van der Waals surface area contributed by atoms with Crippen molar-refractivity contribution in [2.75, 3.05) is 19.8 Å². The first kappa shape index (κ1) is 13.2. The molecule has 0 aliphatic carbocycles. The van der Waals surface area contributed by atoms with Crippen molar-refractivity contribution in [2.45, 2.75) is 32.2 Å². The number of rotatable bonds is 6. The lowest BCUT2D eigenvalue weighted by molar-refractivity contribution is 0.106. The number of hydrogen-bond acceptors (Lipinski definition) is 4. The highest BCUT2D eigenvalue weighted by Gasteiger charge is 2.24. The van der Waals surface area contributed by atoms with Crippen LogP contribution in [0.5, 0.6) is 0 Å². The van der Waals surface area contributed by atoms with E-state index in [1.54, 1.807) is 0 Å². The maximum Gasteiger partial charge on any atom is 0.407 e. The number of alkyl carbamates (subject to hydrolysis) is 1. The summed E-state index contributed by atoms with van der Waals surface area (Å²) >= 11 is 0. The van der Waals surface area contributed by atoms with Crippen molar-refractivity contribution in [3.8, 4) is 0 Å². The van der Waals surface area contributed by atoms with Gasteiger partial charge in [-0.15, -0.1) is 0 Å². The molecule has 3 N–H and O–H groups in total. The van der Waals surface area contributed by atoms with Gasteiger partial charge in [-0.05, 0) is 19.8 Å². The molecule has 0 saturated carbocycles. The maximum atomic E-state index is 11.1. The van der Waals surface area contributed by atoms with E-state index in [0.29, 0.717) is 12.8 Å². The molecule has 0 aliphatic heterocycles. The zero-order valence-electron chi connectivity index (χ0n) is 8.75. The quantitative estimate of drug-likeness (QED) is 0.581. The molecule has 0 spiro atoms. The number of aliphatic hydroxyl groups is 2. The van der Waals surface area contributed by atoms with Crippen molar-refractivity contribution in [1.82, 2.24) is 5.32 Å². The van der Waals surface area contributed by atoms with Gasteiger partial charge in [-0.3, -0.25) is 0 Å². The lowest BCUT2D eigenvalue weighted by Gasteiger charge is -2.28. The van der Waals surface area contributed by atoms with Crippen LogP contribution in [0.4, 0.5) is 4.79 Å².